The van der Waals surface area contributed by atoms with E-state index in [1.54, 1.807) is 0 Å². The van der Waals surface area contributed by atoms with Crippen molar-refractivity contribution in [3.8, 4) is 5.75 Å². The number of allylic oxidation sites excluding steroid dienone is 2. The van der Waals surface area contributed by atoms with E-state index < -0.39 is 45.5 Å². The van der Waals surface area contributed by atoms with Crippen molar-refractivity contribution in [1.29, 1.82) is 0 Å². The fourth-order valence-corrected chi connectivity index (χ4v) is 5.42. The van der Waals surface area contributed by atoms with Crippen LogP contribution in [0.15, 0.2) is 35.3 Å². The van der Waals surface area contributed by atoms with Gasteiger partial charge in [0.15, 0.2) is 0 Å². The third-order valence-electron chi connectivity index (χ3n) is 5.93. The summed E-state index contributed by atoms with van der Waals surface area (Å²) in [4.78, 5) is 61.1. The molecule has 2 aliphatic carbocycles. The number of aromatic hydroxyl groups is 1. The number of hydrogen-bond acceptors (Lipinski definition) is 8. The van der Waals surface area contributed by atoms with E-state index in [0.29, 0.717) is 21.8 Å². The number of fused-ring (bicyclic) bond motifs is 5. The summed E-state index contributed by atoms with van der Waals surface area (Å²) < 4.78 is 0. The van der Waals surface area contributed by atoms with Gasteiger partial charge in [0.25, 0.3) is 23.4 Å². The highest BCUT2D eigenvalue weighted by atomic mass is 32.2. The van der Waals surface area contributed by atoms with Crippen molar-refractivity contribution < 1.29 is 29.2 Å². The average molecular weight is 427 g/mol. The van der Waals surface area contributed by atoms with Crippen molar-refractivity contribution in [3.05, 3.63) is 50.9 Å². The van der Waals surface area contributed by atoms with Crippen LogP contribution in [0.1, 0.15) is 12.0 Å². The Labute approximate surface area is 172 Å². The fourth-order valence-electron chi connectivity index (χ4n) is 4.62. The first kappa shape index (κ1) is 18.6. The lowest BCUT2D eigenvalue weighted by molar-refractivity contribution is -0.384. The topological polar surface area (TPSA) is 138 Å². The van der Waals surface area contributed by atoms with Gasteiger partial charge in [-0.25, -0.2) is 0 Å². The van der Waals surface area contributed by atoms with Gasteiger partial charge >= 0.3 is 5.24 Å². The predicted molar refractivity (Wildman–Crippen MR) is 102 cm³/mol. The monoisotopic (exact) mass is 427 g/mol. The molecule has 0 spiro atoms. The molecule has 2 bridgehead atoms. The molecular formula is C19H13N3O7S. The summed E-state index contributed by atoms with van der Waals surface area (Å²) in [5, 5.41) is 21.2. The van der Waals surface area contributed by atoms with Crippen molar-refractivity contribution >= 4 is 46.5 Å². The number of nitrogens with zero attached hydrogens (tertiary/aromatic N) is 3. The van der Waals surface area contributed by atoms with Crippen molar-refractivity contribution in [2.45, 2.75) is 6.42 Å². The van der Waals surface area contributed by atoms with E-state index >= 15 is 0 Å². The number of hydrazine groups is 1. The lowest BCUT2D eigenvalue weighted by Crippen LogP contribution is -2.49. The van der Waals surface area contributed by atoms with Crippen molar-refractivity contribution in [1.82, 2.24) is 10.0 Å². The van der Waals surface area contributed by atoms with Gasteiger partial charge in [-0.1, -0.05) is 12.2 Å². The molecule has 4 aliphatic rings. The van der Waals surface area contributed by atoms with Gasteiger partial charge in [0.2, 0.25) is 0 Å². The number of carbonyl (C=O) groups excluding carboxylic acids is 4. The summed E-state index contributed by atoms with van der Waals surface area (Å²) in [6, 6.07) is 3.31. The van der Waals surface area contributed by atoms with E-state index in [1.807, 2.05) is 12.2 Å². The SMILES string of the molecule is O=C1SC(=Cc2ccc([N+](=O)[O-])cc2O)C(=O)N1N1C(=O)C2C3C=CC(C3)C2C1=O. The first-order valence-corrected chi connectivity index (χ1v) is 9.91. The first-order chi connectivity index (χ1) is 14.3. The Morgan fingerprint density at radius 2 is 1.70 bits per heavy atom. The molecule has 2 heterocycles. The van der Waals surface area contributed by atoms with Crippen molar-refractivity contribution in [3.63, 3.8) is 0 Å². The number of thioether (sulfide) groups is 1. The molecule has 0 aromatic heterocycles. The van der Waals surface area contributed by atoms with Crippen LogP contribution < -0.4 is 0 Å². The molecule has 2 saturated heterocycles. The number of imide groups is 2. The largest absolute Gasteiger partial charge is 0.507 e. The van der Waals surface area contributed by atoms with Crippen LogP contribution in [0.4, 0.5) is 10.5 Å². The van der Waals surface area contributed by atoms with Crippen LogP contribution in [0.5, 0.6) is 5.75 Å². The van der Waals surface area contributed by atoms with Crippen LogP contribution in [-0.2, 0) is 14.4 Å². The zero-order chi connectivity index (χ0) is 21.3. The van der Waals surface area contributed by atoms with Crippen LogP contribution in [-0.4, -0.2) is 43.0 Å². The molecule has 152 valence electrons. The summed E-state index contributed by atoms with van der Waals surface area (Å²) in [6.45, 7) is 0. The molecule has 0 radical (unpaired) electrons. The fraction of sp³-hybridized carbons (Fsp3) is 0.263. The van der Waals surface area contributed by atoms with Gasteiger partial charge in [-0.05, 0) is 42.2 Å². The number of rotatable bonds is 3. The molecule has 11 heteroatoms. The van der Waals surface area contributed by atoms with Crippen molar-refractivity contribution in [2.24, 2.45) is 23.7 Å². The zero-order valence-electron chi connectivity index (χ0n) is 15.1. The second kappa shape index (κ2) is 6.26. The number of carbonyl (C=O) groups is 4. The maximum Gasteiger partial charge on any atom is 0.313 e. The normalized spacial score (nSPS) is 30.9. The first-order valence-electron chi connectivity index (χ1n) is 9.09. The van der Waals surface area contributed by atoms with Crippen LogP contribution >= 0.6 is 11.8 Å². The third kappa shape index (κ3) is 2.45. The van der Waals surface area contributed by atoms with Gasteiger partial charge in [0.05, 0.1) is 27.7 Å². The highest BCUT2D eigenvalue weighted by Gasteiger charge is 2.62. The number of non-ortho nitro benzene ring substituents is 1. The molecule has 1 aromatic rings. The second-order valence-corrected chi connectivity index (χ2v) is 8.48. The summed E-state index contributed by atoms with van der Waals surface area (Å²) in [5.74, 6) is -3.63. The molecule has 1 N–H and O–H groups in total. The van der Waals surface area contributed by atoms with Gasteiger partial charge in [-0.15, -0.1) is 0 Å². The summed E-state index contributed by atoms with van der Waals surface area (Å²) in [7, 11) is 0. The Morgan fingerprint density at radius 1 is 1.07 bits per heavy atom. The Kier molecular flexibility index (Phi) is 3.87. The van der Waals surface area contributed by atoms with E-state index in [1.165, 1.54) is 12.1 Å². The number of phenolic OH excluding ortho intramolecular Hbond substituents is 1. The summed E-state index contributed by atoms with van der Waals surface area (Å²) >= 11 is 0.524. The number of nitro benzene ring substituents is 1. The van der Waals surface area contributed by atoms with E-state index in [0.717, 1.165) is 18.6 Å². The molecule has 4 unspecified atom stereocenters. The van der Waals surface area contributed by atoms with Crippen LogP contribution in [0, 0.1) is 33.8 Å². The van der Waals surface area contributed by atoms with Crippen LogP contribution in [0.2, 0.25) is 0 Å². The van der Waals surface area contributed by atoms with Crippen LogP contribution in [0.3, 0.4) is 0 Å². The molecule has 4 atom stereocenters. The molecular weight excluding hydrogens is 414 g/mol. The minimum Gasteiger partial charge on any atom is -0.507 e. The van der Waals surface area contributed by atoms with Gasteiger partial charge in [-0.3, -0.25) is 29.3 Å². The van der Waals surface area contributed by atoms with Crippen LogP contribution in [0.25, 0.3) is 6.08 Å². The minimum atomic E-state index is -0.857. The molecule has 1 aromatic carbocycles. The molecule has 2 aliphatic heterocycles. The molecule has 30 heavy (non-hydrogen) atoms. The average Bonchev–Trinajstić information content (AvgIpc) is 3.43. The smallest absolute Gasteiger partial charge is 0.313 e. The predicted octanol–water partition coefficient (Wildman–Crippen LogP) is 2.06. The summed E-state index contributed by atoms with van der Waals surface area (Å²) in [6.07, 6.45) is 5.74. The standard InChI is InChI=1S/C19H13N3O7S/c23-12-7-11(22(28)29)4-3-8(12)6-13-16(24)21(19(27)30-13)20-17(25)14-9-1-2-10(5-9)15(14)18(20)26/h1-4,6-7,9-10,14-15,23H,5H2. The maximum absolute atomic E-state index is 12.9. The van der Waals surface area contributed by atoms with Crippen molar-refractivity contribution in [2.75, 3.05) is 0 Å². The van der Waals surface area contributed by atoms with E-state index in [-0.39, 0.29) is 28.0 Å². The van der Waals surface area contributed by atoms with Gasteiger partial charge in [0.1, 0.15) is 5.75 Å². The Balaban J connectivity index is 1.44. The van der Waals surface area contributed by atoms with Gasteiger partial charge in [0, 0.05) is 11.6 Å². The maximum atomic E-state index is 12.9. The lowest BCUT2D eigenvalue weighted by Gasteiger charge is -2.24. The lowest BCUT2D eigenvalue weighted by atomic mass is 9.85. The second-order valence-electron chi connectivity index (χ2n) is 7.48. The third-order valence-corrected chi connectivity index (χ3v) is 6.79. The molecule has 3 fully saturated rings. The Bertz CT molecular complexity index is 1100. The Morgan fingerprint density at radius 3 is 2.27 bits per heavy atom. The number of benzene rings is 1. The number of hydrogen-bond donors (Lipinski definition) is 1. The molecule has 4 amide bonds. The van der Waals surface area contributed by atoms with E-state index in [2.05, 4.69) is 0 Å². The summed E-state index contributed by atoms with van der Waals surface area (Å²) in [5.41, 5.74) is -0.245. The number of nitro groups is 1. The zero-order valence-corrected chi connectivity index (χ0v) is 15.9. The Hall–Kier alpha value is -3.47. The van der Waals surface area contributed by atoms with Gasteiger partial charge < -0.3 is 5.11 Å². The van der Waals surface area contributed by atoms with E-state index in [9.17, 15) is 34.4 Å². The molecule has 1 saturated carbocycles. The number of amides is 4. The highest BCUT2D eigenvalue weighted by Crippen LogP contribution is 2.53. The molecule has 5 rings (SSSR count). The molecule has 10 nitrogen and oxygen atoms in total. The minimum absolute atomic E-state index is 0.0611. The van der Waals surface area contributed by atoms with E-state index in [4.69, 9.17) is 0 Å². The van der Waals surface area contributed by atoms with Gasteiger partial charge in [-0.2, -0.15) is 10.0 Å². The quantitative estimate of drug-likeness (QED) is 0.254. The highest BCUT2D eigenvalue weighted by molar-refractivity contribution is 8.18. The number of phenols is 1.